The van der Waals surface area contributed by atoms with Gasteiger partial charge in [0.2, 0.25) is 0 Å². The standard InChI is InChI=1S/C10H17N3O2/c1-7(6-11)13-8(14)10(12-9(13)15)4-2-3-5-10/h7H,2-6,11H2,1H3,(H,12,15). The molecule has 1 atom stereocenters. The lowest BCUT2D eigenvalue weighted by Crippen LogP contribution is -2.46. The Kier molecular flexibility index (Phi) is 2.42. The third-order valence-electron chi connectivity index (χ3n) is 3.43. The van der Waals surface area contributed by atoms with Gasteiger partial charge in [-0.15, -0.1) is 0 Å². The predicted octanol–water partition coefficient (Wildman–Crippen LogP) is 0.198. The lowest BCUT2D eigenvalue weighted by Gasteiger charge is -2.23. The topological polar surface area (TPSA) is 75.4 Å². The van der Waals surface area contributed by atoms with Gasteiger partial charge >= 0.3 is 6.03 Å². The van der Waals surface area contributed by atoms with Crippen molar-refractivity contribution in [3.05, 3.63) is 0 Å². The first-order valence-corrected chi connectivity index (χ1v) is 5.46. The van der Waals surface area contributed by atoms with E-state index in [0.717, 1.165) is 25.7 Å². The molecular formula is C10H17N3O2. The molecule has 1 aliphatic carbocycles. The molecule has 2 aliphatic rings. The summed E-state index contributed by atoms with van der Waals surface area (Å²) in [6, 6.07) is -0.489. The van der Waals surface area contributed by atoms with Gasteiger partial charge in [-0.1, -0.05) is 12.8 Å². The van der Waals surface area contributed by atoms with E-state index in [1.165, 1.54) is 4.90 Å². The van der Waals surface area contributed by atoms with Crippen molar-refractivity contribution in [3.63, 3.8) is 0 Å². The number of amides is 3. The number of nitrogens with one attached hydrogen (secondary N) is 1. The summed E-state index contributed by atoms with van der Waals surface area (Å²) < 4.78 is 0. The molecule has 1 saturated heterocycles. The normalized spacial score (nSPS) is 26.1. The van der Waals surface area contributed by atoms with Crippen LogP contribution in [0, 0.1) is 0 Å². The largest absolute Gasteiger partial charge is 0.328 e. The molecule has 0 aromatic rings. The fraction of sp³-hybridized carbons (Fsp3) is 0.800. The van der Waals surface area contributed by atoms with E-state index in [4.69, 9.17) is 5.73 Å². The number of imide groups is 1. The highest BCUT2D eigenvalue weighted by Crippen LogP contribution is 2.35. The minimum absolute atomic E-state index is 0.0806. The summed E-state index contributed by atoms with van der Waals surface area (Å²) in [5.74, 6) is -0.0806. The maximum Gasteiger partial charge on any atom is 0.325 e. The maximum absolute atomic E-state index is 12.1. The number of carbonyl (C=O) groups excluding carboxylic acids is 2. The maximum atomic E-state index is 12.1. The van der Waals surface area contributed by atoms with Crippen molar-refractivity contribution in [1.82, 2.24) is 10.2 Å². The number of rotatable bonds is 2. The second kappa shape index (κ2) is 3.48. The Morgan fingerprint density at radius 2 is 2.07 bits per heavy atom. The molecule has 5 heteroatoms. The number of nitrogens with two attached hydrogens (primary N) is 1. The van der Waals surface area contributed by atoms with E-state index in [-0.39, 0.29) is 18.0 Å². The Hall–Kier alpha value is -1.10. The van der Waals surface area contributed by atoms with Crippen LogP contribution in [0.5, 0.6) is 0 Å². The van der Waals surface area contributed by atoms with Gasteiger partial charge in [-0.05, 0) is 19.8 Å². The van der Waals surface area contributed by atoms with Crippen LogP contribution >= 0.6 is 0 Å². The van der Waals surface area contributed by atoms with Crippen LogP contribution in [0.25, 0.3) is 0 Å². The highest BCUT2D eigenvalue weighted by molar-refractivity contribution is 6.07. The molecule has 0 aromatic carbocycles. The molecule has 84 valence electrons. The van der Waals surface area contributed by atoms with Crippen molar-refractivity contribution in [2.24, 2.45) is 5.73 Å². The van der Waals surface area contributed by atoms with Crippen molar-refractivity contribution in [2.75, 3.05) is 6.54 Å². The number of nitrogens with zero attached hydrogens (tertiary/aromatic N) is 1. The lowest BCUT2D eigenvalue weighted by atomic mass is 9.98. The Balaban J connectivity index is 2.23. The van der Waals surface area contributed by atoms with Crippen molar-refractivity contribution in [1.29, 1.82) is 0 Å². The predicted molar refractivity (Wildman–Crippen MR) is 55.1 cm³/mol. The van der Waals surface area contributed by atoms with Gasteiger partial charge in [0.05, 0.1) is 6.04 Å². The number of urea groups is 1. The highest BCUT2D eigenvalue weighted by atomic mass is 16.2. The first-order valence-electron chi connectivity index (χ1n) is 5.46. The molecule has 1 aliphatic heterocycles. The minimum atomic E-state index is -0.597. The van der Waals surface area contributed by atoms with Gasteiger partial charge in [0.1, 0.15) is 5.54 Å². The summed E-state index contributed by atoms with van der Waals surface area (Å²) in [6.45, 7) is 2.11. The van der Waals surface area contributed by atoms with Crippen LogP contribution in [0.1, 0.15) is 32.6 Å². The zero-order valence-electron chi connectivity index (χ0n) is 8.95. The number of hydrogen-bond acceptors (Lipinski definition) is 3. The number of hydrogen-bond donors (Lipinski definition) is 2. The Bertz CT molecular complexity index is 297. The van der Waals surface area contributed by atoms with Crippen LogP contribution in [0.2, 0.25) is 0 Å². The summed E-state index contributed by atoms with van der Waals surface area (Å²) in [7, 11) is 0. The molecule has 0 radical (unpaired) electrons. The van der Waals surface area contributed by atoms with Crippen LogP contribution in [0.3, 0.4) is 0 Å². The third kappa shape index (κ3) is 1.42. The summed E-state index contributed by atoms with van der Waals surface area (Å²) in [5, 5.41) is 2.83. The van der Waals surface area contributed by atoms with Crippen molar-refractivity contribution in [3.8, 4) is 0 Å². The summed E-state index contributed by atoms with van der Waals surface area (Å²) >= 11 is 0. The van der Waals surface area contributed by atoms with E-state index < -0.39 is 5.54 Å². The van der Waals surface area contributed by atoms with Crippen LogP contribution in [-0.4, -0.2) is 35.0 Å². The first-order chi connectivity index (χ1) is 7.10. The molecule has 5 nitrogen and oxygen atoms in total. The Labute approximate surface area is 89.0 Å². The molecule has 2 fully saturated rings. The monoisotopic (exact) mass is 211 g/mol. The first kappa shape index (κ1) is 10.4. The van der Waals surface area contributed by atoms with Crippen molar-refractivity contribution < 1.29 is 9.59 Å². The molecule has 1 heterocycles. The lowest BCUT2D eigenvalue weighted by molar-refractivity contribution is -0.132. The van der Waals surface area contributed by atoms with Gasteiger partial charge in [-0.25, -0.2) is 4.79 Å². The molecule has 1 unspecified atom stereocenters. The molecule has 3 amide bonds. The Morgan fingerprint density at radius 1 is 1.47 bits per heavy atom. The zero-order chi connectivity index (χ0) is 11.1. The van der Waals surface area contributed by atoms with E-state index in [1.807, 2.05) is 0 Å². The minimum Gasteiger partial charge on any atom is -0.328 e. The second-order valence-corrected chi connectivity index (χ2v) is 4.48. The van der Waals surface area contributed by atoms with E-state index in [0.29, 0.717) is 6.54 Å². The van der Waals surface area contributed by atoms with Gasteiger partial charge < -0.3 is 11.1 Å². The average Bonchev–Trinajstić information content (AvgIpc) is 2.75. The second-order valence-electron chi connectivity index (χ2n) is 4.48. The third-order valence-corrected chi connectivity index (χ3v) is 3.43. The molecule has 2 rings (SSSR count). The van der Waals surface area contributed by atoms with Crippen LogP contribution in [0.15, 0.2) is 0 Å². The van der Waals surface area contributed by atoms with Gasteiger partial charge in [0, 0.05) is 6.54 Å². The molecular weight excluding hydrogens is 194 g/mol. The van der Waals surface area contributed by atoms with E-state index in [9.17, 15) is 9.59 Å². The zero-order valence-corrected chi connectivity index (χ0v) is 8.95. The number of carbonyl (C=O) groups is 2. The molecule has 15 heavy (non-hydrogen) atoms. The Morgan fingerprint density at radius 3 is 2.60 bits per heavy atom. The van der Waals surface area contributed by atoms with Gasteiger partial charge in [0.25, 0.3) is 5.91 Å². The summed E-state index contributed by atoms with van der Waals surface area (Å²) in [5.41, 5.74) is 4.89. The van der Waals surface area contributed by atoms with Crippen LogP contribution in [0.4, 0.5) is 4.79 Å². The molecule has 0 bridgehead atoms. The quantitative estimate of drug-likeness (QED) is 0.640. The fourth-order valence-electron chi connectivity index (χ4n) is 2.46. The fourth-order valence-corrected chi connectivity index (χ4v) is 2.46. The highest BCUT2D eigenvalue weighted by Gasteiger charge is 2.53. The van der Waals surface area contributed by atoms with Crippen LogP contribution in [-0.2, 0) is 4.79 Å². The van der Waals surface area contributed by atoms with Gasteiger partial charge in [0.15, 0.2) is 0 Å². The van der Waals surface area contributed by atoms with Crippen LogP contribution < -0.4 is 11.1 Å². The van der Waals surface area contributed by atoms with Gasteiger partial charge in [-0.3, -0.25) is 9.69 Å². The molecule has 1 saturated carbocycles. The van der Waals surface area contributed by atoms with E-state index in [1.54, 1.807) is 6.92 Å². The van der Waals surface area contributed by atoms with E-state index in [2.05, 4.69) is 5.32 Å². The van der Waals surface area contributed by atoms with E-state index >= 15 is 0 Å². The molecule has 0 aromatic heterocycles. The van der Waals surface area contributed by atoms with Gasteiger partial charge in [-0.2, -0.15) is 0 Å². The summed E-state index contributed by atoms with van der Waals surface area (Å²) in [4.78, 5) is 25.1. The molecule has 3 N–H and O–H groups in total. The van der Waals surface area contributed by atoms with Crippen molar-refractivity contribution in [2.45, 2.75) is 44.2 Å². The molecule has 1 spiro atoms. The average molecular weight is 211 g/mol. The van der Waals surface area contributed by atoms with Crippen molar-refractivity contribution >= 4 is 11.9 Å². The summed E-state index contributed by atoms with van der Waals surface area (Å²) in [6.07, 6.45) is 3.56. The SMILES string of the molecule is CC(CN)N1C(=O)NC2(CCCC2)C1=O. The smallest absolute Gasteiger partial charge is 0.325 e.